The average molecular weight is 299 g/mol. The molecule has 0 amide bonds. The van der Waals surface area contributed by atoms with Crippen LogP contribution in [-0.4, -0.2) is 5.88 Å². The molecule has 0 aromatic heterocycles. The first-order valence-corrected chi connectivity index (χ1v) is 6.55. The van der Waals surface area contributed by atoms with Crippen LogP contribution in [0.3, 0.4) is 0 Å². The zero-order valence-electron chi connectivity index (χ0n) is 10.2. The molecule has 2 unspecified atom stereocenters. The van der Waals surface area contributed by atoms with Crippen molar-refractivity contribution in [3.8, 4) is 0 Å². The summed E-state index contributed by atoms with van der Waals surface area (Å²) in [6.45, 7) is 0. The van der Waals surface area contributed by atoms with E-state index in [1.54, 1.807) is 18.2 Å². The summed E-state index contributed by atoms with van der Waals surface area (Å²) >= 11 is 5.87. The molecule has 2 atom stereocenters. The Morgan fingerprint density at radius 1 is 1.05 bits per heavy atom. The molecule has 0 spiro atoms. The van der Waals surface area contributed by atoms with Gasteiger partial charge in [0.05, 0.1) is 5.88 Å². The van der Waals surface area contributed by atoms with E-state index in [9.17, 15) is 13.2 Å². The highest BCUT2D eigenvalue weighted by Crippen LogP contribution is 2.58. The van der Waals surface area contributed by atoms with Gasteiger partial charge in [0.1, 0.15) is 29.2 Å². The number of benzene rings is 2. The second kappa shape index (κ2) is 4.79. The van der Waals surface area contributed by atoms with Crippen LogP contribution in [-0.2, 0) is 10.3 Å². The molecule has 3 rings (SSSR count). The minimum absolute atomic E-state index is 0.0146. The fraction of sp³-hybridized carbons (Fsp3) is 0.200. The van der Waals surface area contributed by atoms with Crippen molar-refractivity contribution in [2.75, 3.05) is 5.88 Å². The predicted octanol–water partition coefficient (Wildman–Crippen LogP) is 4.31. The molecule has 1 saturated heterocycles. The van der Waals surface area contributed by atoms with E-state index in [-0.39, 0.29) is 17.0 Å². The molecule has 0 aliphatic carbocycles. The number of alkyl halides is 1. The molecule has 2 aromatic carbocycles. The zero-order valence-corrected chi connectivity index (χ0v) is 11.0. The van der Waals surface area contributed by atoms with Gasteiger partial charge in [-0.25, -0.2) is 13.2 Å². The highest BCUT2D eigenvalue weighted by atomic mass is 35.5. The van der Waals surface area contributed by atoms with Gasteiger partial charge in [0.2, 0.25) is 0 Å². The van der Waals surface area contributed by atoms with E-state index in [1.807, 2.05) is 0 Å². The van der Waals surface area contributed by atoms with Crippen LogP contribution in [0.1, 0.15) is 17.2 Å². The smallest absolute Gasteiger partial charge is 0.141 e. The van der Waals surface area contributed by atoms with Gasteiger partial charge < -0.3 is 4.74 Å². The molecule has 1 fully saturated rings. The largest absolute Gasteiger partial charge is 0.354 e. The van der Waals surface area contributed by atoms with Crippen molar-refractivity contribution in [2.24, 2.45) is 0 Å². The van der Waals surface area contributed by atoms with E-state index in [0.717, 1.165) is 18.2 Å². The summed E-state index contributed by atoms with van der Waals surface area (Å²) in [7, 11) is 0. The molecule has 0 bridgehead atoms. The van der Waals surface area contributed by atoms with Gasteiger partial charge in [-0.1, -0.05) is 18.2 Å². The molecule has 1 aliphatic heterocycles. The van der Waals surface area contributed by atoms with Gasteiger partial charge in [-0.2, -0.15) is 0 Å². The van der Waals surface area contributed by atoms with Gasteiger partial charge in [-0.3, -0.25) is 0 Å². The minimum atomic E-state index is -1.21. The topological polar surface area (TPSA) is 12.5 Å². The maximum atomic E-state index is 13.9. The molecule has 2 aromatic rings. The van der Waals surface area contributed by atoms with Crippen molar-refractivity contribution >= 4 is 11.6 Å². The first-order valence-electron chi connectivity index (χ1n) is 6.02. The van der Waals surface area contributed by atoms with Gasteiger partial charge in [-0.15, -0.1) is 11.6 Å². The quantitative estimate of drug-likeness (QED) is 0.607. The maximum absolute atomic E-state index is 13.9. The molecule has 1 aliphatic rings. The van der Waals surface area contributed by atoms with E-state index in [4.69, 9.17) is 16.3 Å². The molecular formula is C15H10ClF3O. The van der Waals surface area contributed by atoms with Crippen LogP contribution in [0.4, 0.5) is 13.2 Å². The first kappa shape index (κ1) is 13.5. The monoisotopic (exact) mass is 298 g/mol. The summed E-state index contributed by atoms with van der Waals surface area (Å²) in [5.41, 5.74) is -0.909. The Bertz CT molecular complexity index is 661. The molecule has 104 valence electrons. The van der Waals surface area contributed by atoms with Gasteiger partial charge in [-0.05, 0) is 24.3 Å². The summed E-state index contributed by atoms with van der Waals surface area (Å²) in [5.74, 6) is -1.76. The van der Waals surface area contributed by atoms with Crippen LogP contribution < -0.4 is 0 Å². The summed E-state index contributed by atoms with van der Waals surface area (Å²) in [5, 5.41) is 0. The molecule has 1 nitrogen and oxygen atoms in total. The number of hydrogen-bond donors (Lipinski definition) is 0. The number of epoxide rings is 1. The molecular weight excluding hydrogens is 289 g/mol. The summed E-state index contributed by atoms with van der Waals surface area (Å²) < 4.78 is 46.4. The van der Waals surface area contributed by atoms with Crippen LogP contribution in [0.2, 0.25) is 0 Å². The Balaban J connectivity index is 2.04. The number of halogens is 4. The minimum Gasteiger partial charge on any atom is -0.354 e. The van der Waals surface area contributed by atoms with Crippen molar-refractivity contribution in [3.05, 3.63) is 71.0 Å². The Labute approximate surface area is 118 Å². The second-order valence-electron chi connectivity index (χ2n) is 4.67. The molecule has 0 saturated carbocycles. The van der Waals surface area contributed by atoms with E-state index in [1.165, 1.54) is 6.07 Å². The van der Waals surface area contributed by atoms with Crippen LogP contribution in [0.15, 0.2) is 42.5 Å². The van der Waals surface area contributed by atoms with Crippen molar-refractivity contribution in [3.63, 3.8) is 0 Å². The van der Waals surface area contributed by atoms with Crippen LogP contribution in [0.25, 0.3) is 0 Å². The van der Waals surface area contributed by atoms with E-state index in [0.29, 0.717) is 0 Å². The van der Waals surface area contributed by atoms with Crippen molar-refractivity contribution in [1.29, 1.82) is 0 Å². The lowest BCUT2D eigenvalue weighted by atomic mass is 9.92. The number of ether oxygens (including phenoxy) is 1. The van der Waals surface area contributed by atoms with E-state index in [2.05, 4.69) is 0 Å². The van der Waals surface area contributed by atoms with Crippen molar-refractivity contribution < 1.29 is 17.9 Å². The van der Waals surface area contributed by atoms with Crippen LogP contribution >= 0.6 is 11.6 Å². The Morgan fingerprint density at radius 3 is 2.50 bits per heavy atom. The normalized spacial score (nSPS) is 24.7. The lowest BCUT2D eigenvalue weighted by molar-refractivity contribution is 0.308. The third-order valence-corrected chi connectivity index (χ3v) is 3.86. The fourth-order valence-electron chi connectivity index (χ4n) is 2.38. The molecule has 0 radical (unpaired) electrons. The van der Waals surface area contributed by atoms with Gasteiger partial charge in [0, 0.05) is 11.1 Å². The highest BCUT2D eigenvalue weighted by molar-refractivity contribution is 6.18. The van der Waals surface area contributed by atoms with Crippen molar-refractivity contribution in [1.82, 2.24) is 0 Å². The Hall–Kier alpha value is -1.52. The lowest BCUT2D eigenvalue weighted by Crippen LogP contribution is -2.15. The van der Waals surface area contributed by atoms with Crippen LogP contribution in [0.5, 0.6) is 0 Å². The van der Waals surface area contributed by atoms with E-state index >= 15 is 0 Å². The number of hydrogen-bond acceptors (Lipinski definition) is 1. The standard InChI is InChI=1S/C15H10ClF3O/c16-8-15(11-7-9(17)5-6-13(11)19)14(20-15)10-3-1-2-4-12(10)18/h1-7,14H,8H2. The van der Waals surface area contributed by atoms with Gasteiger partial charge in [0.15, 0.2) is 0 Å². The molecule has 0 N–H and O–H groups in total. The SMILES string of the molecule is Fc1ccc(F)c(C2(CCl)OC2c2ccccc2F)c1. The van der Waals surface area contributed by atoms with Crippen LogP contribution in [0, 0.1) is 17.5 Å². The van der Waals surface area contributed by atoms with E-state index < -0.39 is 29.2 Å². The summed E-state index contributed by atoms with van der Waals surface area (Å²) in [6, 6.07) is 9.11. The zero-order chi connectivity index (χ0) is 14.3. The predicted molar refractivity (Wildman–Crippen MR) is 69.0 cm³/mol. The fourth-order valence-corrected chi connectivity index (χ4v) is 2.73. The summed E-state index contributed by atoms with van der Waals surface area (Å²) in [4.78, 5) is 0. The van der Waals surface area contributed by atoms with Gasteiger partial charge >= 0.3 is 0 Å². The lowest BCUT2D eigenvalue weighted by Gasteiger charge is -2.11. The molecule has 5 heteroatoms. The summed E-state index contributed by atoms with van der Waals surface area (Å²) in [6.07, 6.45) is -0.711. The third kappa shape index (κ3) is 2.00. The molecule has 20 heavy (non-hydrogen) atoms. The molecule has 1 heterocycles. The third-order valence-electron chi connectivity index (χ3n) is 3.46. The maximum Gasteiger partial charge on any atom is 0.141 e. The highest BCUT2D eigenvalue weighted by Gasteiger charge is 2.60. The Kier molecular flexibility index (Phi) is 3.22. The average Bonchev–Trinajstić information content (AvgIpc) is 3.18. The van der Waals surface area contributed by atoms with Crippen molar-refractivity contribution in [2.45, 2.75) is 11.7 Å². The number of rotatable bonds is 3. The van der Waals surface area contributed by atoms with Gasteiger partial charge in [0.25, 0.3) is 0 Å². The first-order chi connectivity index (χ1) is 9.58. The second-order valence-corrected chi connectivity index (χ2v) is 4.93. The Morgan fingerprint density at radius 2 is 1.80 bits per heavy atom.